The van der Waals surface area contributed by atoms with Crippen molar-refractivity contribution in [2.75, 3.05) is 13.1 Å². The maximum Gasteiger partial charge on any atom is 0.257 e. The second kappa shape index (κ2) is 5.49. The largest absolute Gasteiger partial charge is 0.336 e. The molecule has 0 spiro atoms. The second-order valence-electron chi connectivity index (χ2n) is 5.88. The fourth-order valence-corrected chi connectivity index (χ4v) is 3.10. The van der Waals surface area contributed by atoms with Crippen LogP contribution in [0.3, 0.4) is 0 Å². The van der Waals surface area contributed by atoms with E-state index < -0.39 is 0 Å². The summed E-state index contributed by atoms with van der Waals surface area (Å²) in [5.41, 5.74) is 1.78. The molecule has 7 nitrogen and oxygen atoms in total. The molecule has 0 bridgehead atoms. The SMILES string of the molecule is Cc1noc2ncc(C(=O)N3CCCC(n4cccn4)C3)cc12. The van der Waals surface area contributed by atoms with Gasteiger partial charge in [0.25, 0.3) is 11.6 Å². The minimum Gasteiger partial charge on any atom is -0.336 e. The van der Waals surface area contributed by atoms with Crippen molar-refractivity contribution in [2.45, 2.75) is 25.8 Å². The third kappa shape index (κ3) is 2.48. The van der Waals surface area contributed by atoms with Gasteiger partial charge in [-0.3, -0.25) is 9.48 Å². The maximum absolute atomic E-state index is 12.8. The zero-order valence-electron chi connectivity index (χ0n) is 12.8. The van der Waals surface area contributed by atoms with Gasteiger partial charge in [-0.05, 0) is 31.9 Å². The smallest absolute Gasteiger partial charge is 0.257 e. The number of aromatic nitrogens is 4. The number of aryl methyl sites for hydroxylation is 1. The number of likely N-dealkylation sites (tertiary alicyclic amines) is 1. The summed E-state index contributed by atoms with van der Waals surface area (Å²) < 4.78 is 7.03. The molecule has 0 aliphatic carbocycles. The molecule has 23 heavy (non-hydrogen) atoms. The monoisotopic (exact) mass is 311 g/mol. The molecule has 4 heterocycles. The zero-order valence-corrected chi connectivity index (χ0v) is 12.8. The third-order valence-corrected chi connectivity index (χ3v) is 4.34. The lowest BCUT2D eigenvalue weighted by atomic mass is 10.0. The molecule has 0 saturated carbocycles. The van der Waals surface area contributed by atoms with Gasteiger partial charge >= 0.3 is 0 Å². The zero-order chi connectivity index (χ0) is 15.8. The van der Waals surface area contributed by atoms with Crippen molar-refractivity contribution in [3.8, 4) is 0 Å². The summed E-state index contributed by atoms with van der Waals surface area (Å²) in [5, 5.41) is 8.97. The van der Waals surface area contributed by atoms with Gasteiger partial charge in [0.15, 0.2) is 0 Å². The van der Waals surface area contributed by atoms with Gasteiger partial charge in [-0.2, -0.15) is 5.10 Å². The van der Waals surface area contributed by atoms with E-state index in [0.717, 1.165) is 30.5 Å². The first kappa shape index (κ1) is 13.9. The topological polar surface area (TPSA) is 77.0 Å². The van der Waals surface area contributed by atoms with Crippen LogP contribution in [-0.2, 0) is 0 Å². The molecule has 1 aliphatic rings. The predicted octanol–water partition coefficient (Wildman–Crippen LogP) is 2.21. The summed E-state index contributed by atoms with van der Waals surface area (Å²) in [4.78, 5) is 18.9. The van der Waals surface area contributed by atoms with Crippen molar-refractivity contribution in [3.05, 3.63) is 42.0 Å². The van der Waals surface area contributed by atoms with E-state index in [0.29, 0.717) is 17.8 Å². The van der Waals surface area contributed by atoms with Crippen LogP contribution >= 0.6 is 0 Å². The number of hydrogen-bond acceptors (Lipinski definition) is 5. The number of nitrogens with zero attached hydrogens (tertiary/aromatic N) is 5. The lowest BCUT2D eigenvalue weighted by Crippen LogP contribution is -2.40. The van der Waals surface area contributed by atoms with E-state index in [4.69, 9.17) is 4.52 Å². The van der Waals surface area contributed by atoms with E-state index in [9.17, 15) is 4.79 Å². The Bertz CT molecular complexity index is 839. The normalized spacial score (nSPS) is 18.5. The number of amides is 1. The van der Waals surface area contributed by atoms with E-state index >= 15 is 0 Å². The molecular formula is C16H17N5O2. The van der Waals surface area contributed by atoms with Crippen LogP contribution in [0.1, 0.15) is 34.9 Å². The Labute approximate surface area is 132 Å². The molecule has 0 radical (unpaired) electrons. The maximum atomic E-state index is 12.8. The van der Waals surface area contributed by atoms with Gasteiger partial charge < -0.3 is 9.42 Å². The summed E-state index contributed by atoms with van der Waals surface area (Å²) in [6.45, 7) is 3.27. The number of fused-ring (bicyclic) bond motifs is 1. The molecule has 7 heteroatoms. The highest BCUT2D eigenvalue weighted by atomic mass is 16.5. The number of piperidine rings is 1. The van der Waals surface area contributed by atoms with Crippen molar-refractivity contribution < 1.29 is 9.32 Å². The lowest BCUT2D eigenvalue weighted by molar-refractivity contribution is 0.0672. The molecule has 1 saturated heterocycles. The molecule has 118 valence electrons. The summed E-state index contributed by atoms with van der Waals surface area (Å²) >= 11 is 0. The van der Waals surface area contributed by atoms with Gasteiger partial charge in [-0.25, -0.2) is 4.98 Å². The molecule has 0 N–H and O–H groups in total. The molecule has 1 fully saturated rings. The predicted molar refractivity (Wildman–Crippen MR) is 82.9 cm³/mol. The Morgan fingerprint density at radius 2 is 2.35 bits per heavy atom. The van der Waals surface area contributed by atoms with E-state index in [1.807, 2.05) is 34.8 Å². The molecule has 1 aliphatic heterocycles. The van der Waals surface area contributed by atoms with Crippen molar-refractivity contribution in [3.63, 3.8) is 0 Å². The minimum absolute atomic E-state index is 0.00291. The van der Waals surface area contributed by atoms with Crippen molar-refractivity contribution in [1.29, 1.82) is 0 Å². The Morgan fingerprint density at radius 1 is 1.43 bits per heavy atom. The van der Waals surface area contributed by atoms with Gasteiger partial charge in [-0.15, -0.1) is 0 Å². The Hall–Kier alpha value is -2.70. The molecule has 1 atom stereocenters. The molecule has 3 aromatic heterocycles. The number of hydrogen-bond donors (Lipinski definition) is 0. The molecule has 1 amide bonds. The molecule has 0 aromatic carbocycles. The standard InChI is InChI=1S/C16H17N5O2/c1-11-14-8-12(9-17-15(14)23-19-11)16(22)20-6-2-4-13(10-20)21-7-3-5-18-21/h3,5,7-9,13H,2,4,6,10H2,1H3. The van der Waals surface area contributed by atoms with Gasteiger partial charge in [0.2, 0.25) is 0 Å². The fourth-order valence-electron chi connectivity index (χ4n) is 3.10. The average molecular weight is 311 g/mol. The van der Waals surface area contributed by atoms with Gasteiger partial charge in [0, 0.05) is 31.7 Å². The van der Waals surface area contributed by atoms with Crippen molar-refractivity contribution >= 4 is 17.0 Å². The number of carbonyl (C=O) groups excluding carboxylic acids is 1. The third-order valence-electron chi connectivity index (χ3n) is 4.34. The van der Waals surface area contributed by atoms with Crippen LogP contribution in [0.25, 0.3) is 11.1 Å². The molecule has 1 unspecified atom stereocenters. The summed E-state index contributed by atoms with van der Waals surface area (Å²) in [5.74, 6) is -0.00291. The average Bonchev–Trinajstić information content (AvgIpc) is 3.25. The highest BCUT2D eigenvalue weighted by Crippen LogP contribution is 2.23. The van der Waals surface area contributed by atoms with E-state index in [1.54, 1.807) is 12.4 Å². The first-order valence-corrected chi connectivity index (χ1v) is 7.73. The van der Waals surface area contributed by atoms with E-state index in [1.165, 1.54) is 0 Å². The first-order valence-electron chi connectivity index (χ1n) is 7.73. The van der Waals surface area contributed by atoms with Crippen LogP contribution in [0.2, 0.25) is 0 Å². The van der Waals surface area contributed by atoms with Crippen LogP contribution in [0, 0.1) is 6.92 Å². The Balaban J connectivity index is 1.58. The Morgan fingerprint density at radius 3 is 3.17 bits per heavy atom. The van der Waals surface area contributed by atoms with Gasteiger partial charge in [0.1, 0.15) is 0 Å². The quantitative estimate of drug-likeness (QED) is 0.725. The van der Waals surface area contributed by atoms with Gasteiger partial charge in [0.05, 0.1) is 22.7 Å². The fraction of sp³-hybridized carbons (Fsp3) is 0.375. The van der Waals surface area contributed by atoms with Crippen LogP contribution in [-0.4, -0.2) is 43.8 Å². The van der Waals surface area contributed by atoms with Crippen LogP contribution < -0.4 is 0 Å². The van der Waals surface area contributed by atoms with Crippen LogP contribution in [0.15, 0.2) is 35.2 Å². The summed E-state index contributed by atoms with van der Waals surface area (Å²) in [6.07, 6.45) is 7.29. The number of pyridine rings is 1. The highest BCUT2D eigenvalue weighted by Gasteiger charge is 2.26. The number of carbonyl (C=O) groups is 1. The first-order chi connectivity index (χ1) is 11.2. The Kier molecular flexibility index (Phi) is 3.33. The molecular weight excluding hydrogens is 294 g/mol. The summed E-state index contributed by atoms with van der Waals surface area (Å²) in [7, 11) is 0. The van der Waals surface area contributed by atoms with Crippen LogP contribution in [0.5, 0.6) is 0 Å². The summed E-state index contributed by atoms with van der Waals surface area (Å²) in [6, 6.07) is 3.96. The minimum atomic E-state index is -0.00291. The number of rotatable bonds is 2. The molecule has 4 rings (SSSR count). The molecule has 3 aromatic rings. The van der Waals surface area contributed by atoms with Gasteiger partial charge in [-0.1, -0.05) is 5.16 Å². The highest BCUT2D eigenvalue weighted by molar-refractivity contribution is 5.97. The van der Waals surface area contributed by atoms with Crippen molar-refractivity contribution in [1.82, 2.24) is 24.8 Å². The van der Waals surface area contributed by atoms with E-state index in [2.05, 4.69) is 15.2 Å². The second-order valence-corrected chi connectivity index (χ2v) is 5.88. The lowest BCUT2D eigenvalue weighted by Gasteiger charge is -2.32. The van der Waals surface area contributed by atoms with E-state index in [-0.39, 0.29) is 11.9 Å². The van der Waals surface area contributed by atoms with Crippen LogP contribution in [0.4, 0.5) is 0 Å². The van der Waals surface area contributed by atoms with Crippen molar-refractivity contribution in [2.24, 2.45) is 0 Å².